The van der Waals surface area contributed by atoms with Crippen LogP contribution >= 0.6 is 0 Å². The summed E-state index contributed by atoms with van der Waals surface area (Å²) in [5.74, 6) is -0.179. The number of rotatable bonds is 5. The van der Waals surface area contributed by atoms with Crippen LogP contribution in [0.3, 0.4) is 0 Å². The summed E-state index contributed by atoms with van der Waals surface area (Å²) in [4.78, 5) is 2.46. The molecule has 1 aliphatic carbocycles. The van der Waals surface area contributed by atoms with E-state index >= 15 is 0 Å². The van der Waals surface area contributed by atoms with Gasteiger partial charge in [-0.25, -0.2) is 4.39 Å². The van der Waals surface area contributed by atoms with Crippen LogP contribution in [0.15, 0.2) is 24.3 Å². The monoisotopic (exact) mass is 264 g/mol. The maximum absolute atomic E-state index is 13.0. The molecule has 0 aromatic heterocycles. The zero-order valence-corrected chi connectivity index (χ0v) is 11.9. The molecule has 19 heavy (non-hydrogen) atoms. The average Bonchev–Trinajstić information content (AvgIpc) is 2.67. The van der Waals surface area contributed by atoms with E-state index in [4.69, 9.17) is 0 Å². The van der Waals surface area contributed by atoms with Crippen LogP contribution < -0.4 is 5.32 Å². The number of hydrogen-bond donors (Lipinski definition) is 1. The minimum absolute atomic E-state index is 0.179. The first-order chi connectivity index (χ1) is 9.25. The molecule has 0 radical (unpaired) electrons. The van der Waals surface area contributed by atoms with Gasteiger partial charge in [-0.05, 0) is 38.1 Å². The molecule has 1 aromatic rings. The van der Waals surface area contributed by atoms with Crippen molar-refractivity contribution in [2.75, 3.05) is 25.5 Å². The van der Waals surface area contributed by atoms with Crippen molar-refractivity contribution in [2.45, 2.75) is 44.6 Å². The maximum Gasteiger partial charge on any atom is 0.125 e. The average molecular weight is 264 g/mol. The van der Waals surface area contributed by atoms with E-state index in [1.165, 1.54) is 44.6 Å². The van der Waals surface area contributed by atoms with E-state index < -0.39 is 0 Å². The van der Waals surface area contributed by atoms with Crippen LogP contribution in [0.4, 0.5) is 10.1 Å². The largest absolute Gasteiger partial charge is 0.384 e. The Balaban J connectivity index is 1.72. The molecule has 0 atom stereocenters. The second-order valence-corrected chi connectivity index (χ2v) is 5.56. The first-order valence-electron chi connectivity index (χ1n) is 7.45. The van der Waals surface area contributed by atoms with E-state index in [0.717, 1.165) is 24.8 Å². The maximum atomic E-state index is 13.0. The zero-order valence-electron chi connectivity index (χ0n) is 11.9. The molecular formula is C16H25FN2. The highest BCUT2D eigenvalue weighted by Gasteiger charge is 2.16. The number of halogens is 1. The molecule has 3 heteroatoms. The molecule has 0 aliphatic heterocycles. The third-order valence-corrected chi connectivity index (χ3v) is 4.07. The summed E-state index contributed by atoms with van der Waals surface area (Å²) in [7, 11) is 2.21. The number of likely N-dealkylation sites (N-methyl/N-ethyl adjacent to an activating group) is 1. The molecule has 2 nitrogen and oxygen atoms in total. The molecular weight excluding hydrogens is 239 g/mol. The van der Waals surface area contributed by atoms with E-state index in [9.17, 15) is 4.39 Å². The first kappa shape index (κ1) is 14.3. The number of anilines is 1. The molecule has 0 amide bonds. The van der Waals surface area contributed by atoms with Crippen molar-refractivity contribution in [3.05, 3.63) is 30.1 Å². The van der Waals surface area contributed by atoms with Crippen molar-refractivity contribution in [1.29, 1.82) is 0 Å². The quantitative estimate of drug-likeness (QED) is 0.812. The normalized spacial score (nSPS) is 17.4. The molecule has 1 aromatic carbocycles. The highest BCUT2D eigenvalue weighted by molar-refractivity contribution is 5.42. The van der Waals surface area contributed by atoms with Crippen LogP contribution in [0.1, 0.15) is 38.5 Å². The van der Waals surface area contributed by atoms with E-state index in [-0.39, 0.29) is 5.82 Å². The Bertz CT molecular complexity index is 373. The Morgan fingerprint density at radius 1 is 1.21 bits per heavy atom. The highest BCUT2D eigenvalue weighted by atomic mass is 19.1. The van der Waals surface area contributed by atoms with Crippen LogP contribution in [0.25, 0.3) is 0 Å². The number of benzene rings is 1. The summed E-state index contributed by atoms with van der Waals surface area (Å²) >= 11 is 0. The second kappa shape index (κ2) is 7.49. The zero-order chi connectivity index (χ0) is 13.5. The molecule has 0 unspecified atom stereocenters. The molecule has 0 spiro atoms. The molecule has 2 rings (SSSR count). The van der Waals surface area contributed by atoms with E-state index in [2.05, 4.69) is 17.3 Å². The number of nitrogens with zero attached hydrogens (tertiary/aromatic N) is 1. The molecule has 1 aliphatic rings. The lowest BCUT2D eigenvalue weighted by molar-refractivity contribution is 0.229. The minimum Gasteiger partial charge on any atom is -0.384 e. The van der Waals surface area contributed by atoms with Crippen molar-refractivity contribution < 1.29 is 4.39 Å². The van der Waals surface area contributed by atoms with Crippen molar-refractivity contribution in [3.8, 4) is 0 Å². The van der Waals surface area contributed by atoms with Gasteiger partial charge in [0.05, 0.1) is 0 Å². The van der Waals surface area contributed by atoms with Crippen LogP contribution in [0.5, 0.6) is 0 Å². The van der Waals surface area contributed by atoms with Crippen molar-refractivity contribution in [1.82, 2.24) is 4.90 Å². The Morgan fingerprint density at radius 2 is 1.95 bits per heavy atom. The predicted octanol–water partition coefficient (Wildman–Crippen LogP) is 3.89. The van der Waals surface area contributed by atoms with Crippen LogP contribution in [0, 0.1) is 5.82 Å². The third kappa shape index (κ3) is 4.83. The van der Waals surface area contributed by atoms with Crippen molar-refractivity contribution >= 4 is 5.69 Å². The van der Waals surface area contributed by atoms with Gasteiger partial charge in [0, 0.05) is 24.8 Å². The Morgan fingerprint density at radius 3 is 2.63 bits per heavy atom. The summed E-state index contributed by atoms with van der Waals surface area (Å²) in [5, 5.41) is 3.29. The predicted molar refractivity (Wildman–Crippen MR) is 79.0 cm³/mol. The fourth-order valence-corrected chi connectivity index (χ4v) is 2.86. The summed E-state index contributed by atoms with van der Waals surface area (Å²) in [6.45, 7) is 1.89. The van der Waals surface area contributed by atoms with Gasteiger partial charge in [0.25, 0.3) is 0 Å². The number of nitrogens with one attached hydrogen (secondary N) is 1. The smallest absolute Gasteiger partial charge is 0.125 e. The molecule has 0 saturated heterocycles. The van der Waals surface area contributed by atoms with Gasteiger partial charge < -0.3 is 10.2 Å². The molecule has 1 fully saturated rings. The molecule has 1 saturated carbocycles. The number of hydrogen-bond acceptors (Lipinski definition) is 2. The van der Waals surface area contributed by atoms with Gasteiger partial charge >= 0.3 is 0 Å². The first-order valence-corrected chi connectivity index (χ1v) is 7.45. The lowest BCUT2D eigenvalue weighted by atomic mass is 10.1. The van der Waals surface area contributed by atoms with Gasteiger partial charge in [-0.3, -0.25) is 0 Å². The van der Waals surface area contributed by atoms with E-state index in [1.807, 2.05) is 6.07 Å². The Hall–Kier alpha value is -1.09. The summed E-state index contributed by atoms with van der Waals surface area (Å²) in [6.07, 6.45) is 8.18. The van der Waals surface area contributed by atoms with Gasteiger partial charge in [-0.2, -0.15) is 0 Å². The molecule has 0 bridgehead atoms. The minimum atomic E-state index is -0.179. The lowest BCUT2D eigenvalue weighted by Crippen LogP contribution is -2.34. The SMILES string of the molecule is CN(CCNc1cccc(F)c1)C1CCCCCC1. The van der Waals surface area contributed by atoms with Gasteiger partial charge in [0.2, 0.25) is 0 Å². The van der Waals surface area contributed by atoms with Gasteiger partial charge in [-0.15, -0.1) is 0 Å². The topological polar surface area (TPSA) is 15.3 Å². The summed E-state index contributed by atoms with van der Waals surface area (Å²) in [5.41, 5.74) is 0.870. The second-order valence-electron chi connectivity index (χ2n) is 5.56. The molecule has 0 heterocycles. The summed E-state index contributed by atoms with van der Waals surface area (Å²) < 4.78 is 13.0. The van der Waals surface area contributed by atoms with Crippen LogP contribution in [0.2, 0.25) is 0 Å². The fraction of sp³-hybridized carbons (Fsp3) is 0.625. The molecule has 1 N–H and O–H groups in total. The Labute approximate surface area is 116 Å². The van der Waals surface area contributed by atoms with E-state index in [0.29, 0.717) is 0 Å². The van der Waals surface area contributed by atoms with Crippen molar-refractivity contribution in [3.63, 3.8) is 0 Å². The molecule has 106 valence electrons. The standard InChI is InChI=1S/C16H25FN2/c1-19(16-9-4-2-3-5-10-16)12-11-18-15-8-6-7-14(17)13-15/h6-8,13,16,18H,2-5,9-12H2,1H3. The van der Waals surface area contributed by atoms with Crippen LogP contribution in [-0.2, 0) is 0 Å². The van der Waals surface area contributed by atoms with E-state index in [1.54, 1.807) is 12.1 Å². The van der Waals surface area contributed by atoms with Gasteiger partial charge in [-0.1, -0.05) is 31.7 Å². The summed E-state index contributed by atoms with van der Waals surface area (Å²) in [6, 6.07) is 7.41. The van der Waals surface area contributed by atoms with Crippen LogP contribution in [-0.4, -0.2) is 31.1 Å². The lowest BCUT2D eigenvalue weighted by Gasteiger charge is -2.27. The Kier molecular flexibility index (Phi) is 5.64. The fourth-order valence-electron chi connectivity index (χ4n) is 2.86. The third-order valence-electron chi connectivity index (χ3n) is 4.07. The van der Waals surface area contributed by atoms with Gasteiger partial charge in [0.15, 0.2) is 0 Å². The van der Waals surface area contributed by atoms with Crippen molar-refractivity contribution in [2.24, 2.45) is 0 Å². The highest BCUT2D eigenvalue weighted by Crippen LogP contribution is 2.20. The van der Waals surface area contributed by atoms with Gasteiger partial charge in [0.1, 0.15) is 5.82 Å².